The Morgan fingerprint density at radius 2 is 1.97 bits per heavy atom. The minimum absolute atomic E-state index is 0.0785. The highest BCUT2D eigenvalue weighted by Crippen LogP contribution is 2.44. The van der Waals surface area contributed by atoms with Gasteiger partial charge < -0.3 is 19.9 Å². The molecule has 1 aliphatic carbocycles. The lowest BCUT2D eigenvalue weighted by Gasteiger charge is -2.28. The quantitative estimate of drug-likeness (QED) is 0.509. The van der Waals surface area contributed by atoms with Crippen LogP contribution in [-0.2, 0) is 12.5 Å². The summed E-state index contributed by atoms with van der Waals surface area (Å²) in [5.41, 5.74) is 1.82. The Labute approximate surface area is 198 Å². The van der Waals surface area contributed by atoms with E-state index in [1.165, 1.54) is 4.88 Å². The van der Waals surface area contributed by atoms with E-state index in [4.69, 9.17) is 9.47 Å². The van der Waals surface area contributed by atoms with Crippen LogP contribution >= 0.6 is 11.3 Å². The Bertz CT molecular complexity index is 1130. The van der Waals surface area contributed by atoms with Gasteiger partial charge in [-0.15, -0.1) is 11.3 Å². The number of aliphatic hydroxyl groups is 1. The topological polar surface area (TPSA) is 85.6 Å². The Hall–Kier alpha value is -2.84. The first-order valence-electron chi connectivity index (χ1n) is 11.2. The van der Waals surface area contributed by atoms with Gasteiger partial charge in [-0.05, 0) is 56.2 Å². The minimum Gasteiger partial charge on any atom is -0.497 e. The van der Waals surface area contributed by atoms with Crippen molar-refractivity contribution in [2.75, 3.05) is 20.8 Å². The Kier molecular flexibility index (Phi) is 6.76. The normalized spacial score (nSPS) is 15.9. The van der Waals surface area contributed by atoms with Crippen molar-refractivity contribution in [3.05, 3.63) is 51.8 Å². The maximum Gasteiger partial charge on any atom is 0.269 e. The molecule has 3 aromatic rings. The fourth-order valence-electron chi connectivity index (χ4n) is 4.59. The number of thiophene rings is 1. The molecule has 2 N–H and O–H groups in total. The molecule has 1 amide bonds. The summed E-state index contributed by atoms with van der Waals surface area (Å²) >= 11 is 1.65. The number of benzene rings is 1. The number of aliphatic hydroxyl groups excluding tert-OH is 1. The number of rotatable bonds is 8. The molecule has 33 heavy (non-hydrogen) atoms. The summed E-state index contributed by atoms with van der Waals surface area (Å²) in [6, 6.07) is 11.4. The first kappa shape index (κ1) is 23.3. The van der Waals surface area contributed by atoms with Crippen LogP contribution in [0, 0.1) is 0 Å². The monoisotopic (exact) mass is 469 g/mol. The van der Waals surface area contributed by atoms with Gasteiger partial charge >= 0.3 is 0 Å². The van der Waals surface area contributed by atoms with Gasteiger partial charge in [-0.1, -0.05) is 12.8 Å². The van der Waals surface area contributed by atoms with E-state index in [1.54, 1.807) is 50.3 Å². The Morgan fingerprint density at radius 3 is 2.61 bits per heavy atom. The van der Waals surface area contributed by atoms with E-state index in [-0.39, 0.29) is 11.3 Å². The van der Waals surface area contributed by atoms with Crippen LogP contribution in [0.4, 0.5) is 0 Å². The van der Waals surface area contributed by atoms with E-state index < -0.39 is 6.10 Å². The molecule has 2 heterocycles. The van der Waals surface area contributed by atoms with Gasteiger partial charge in [0.15, 0.2) is 0 Å². The third-order valence-corrected chi connectivity index (χ3v) is 8.01. The third kappa shape index (κ3) is 4.63. The summed E-state index contributed by atoms with van der Waals surface area (Å²) in [6.07, 6.45) is 3.88. The summed E-state index contributed by atoms with van der Waals surface area (Å²) in [5, 5.41) is 17.7. The lowest BCUT2D eigenvalue weighted by atomic mass is 9.84. The molecular formula is C25H31N3O4S. The Balaban J connectivity index is 1.55. The van der Waals surface area contributed by atoms with Gasteiger partial charge in [-0.3, -0.25) is 9.48 Å². The average molecular weight is 470 g/mol. The summed E-state index contributed by atoms with van der Waals surface area (Å²) in [7, 11) is 4.99. The van der Waals surface area contributed by atoms with Crippen LogP contribution in [0.25, 0.3) is 11.3 Å². The van der Waals surface area contributed by atoms with Crippen molar-refractivity contribution < 1.29 is 19.4 Å². The summed E-state index contributed by atoms with van der Waals surface area (Å²) in [4.78, 5) is 15.4. The number of ether oxygens (including phenoxy) is 2. The molecule has 0 spiro atoms. The minimum atomic E-state index is -0.474. The second-order valence-electron chi connectivity index (χ2n) is 8.65. The van der Waals surface area contributed by atoms with Crippen LogP contribution in [0.3, 0.4) is 0 Å². The zero-order valence-electron chi connectivity index (χ0n) is 19.6. The van der Waals surface area contributed by atoms with Crippen molar-refractivity contribution in [1.29, 1.82) is 0 Å². The number of hydrogen-bond donors (Lipinski definition) is 2. The zero-order valence-corrected chi connectivity index (χ0v) is 20.4. The van der Waals surface area contributed by atoms with Crippen molar-refractivity contribution in [3.8, 4) is 22.8 Å². The number of hydrogen-bond acceptors (Lipinski definition) is 6. The molecule has 1 aromatic carbocycles. The van der Waals surface area contributed by atoms with E-state index >= 15 is 0 Å². The standard InChI is InChI=1S/C25H31N3O4S/c1-16(29)22-9-10-23(33-22)25(11-5-6-12-25)15-26-24(30)20-14-19(27-28(20)2)18-13-17(31-3)7-8-21(18)32-4/h7-10,13-14,16,29H,5-6,11-12,15H2,1-4H3,(H,26,30). The van der Waals surface area contributed by atoms with Crippen LogP contribution in [0.5, 0.6) is 11.5 Å². The fraction of sp³-hybridized carbons (Fsp3) is 0.440. The van der Waals surface area contributed by atoms with E-state index in [9.17, 15) is 9.90 Å². The maximum absolute atomic E-state index is 13.2. The highest BCUT2D eigenvalue weighted by atomic mass is 32.1. The van der Waals surface area contributed by atoms with Crippen molar-refractivity contribution in [2.45, 2.75) is 44.1 Å². The van der Waals surface area contributed by atoms with E-state index in [2.05, 4.69) is 16.5 Å². The van der Waals surface area contributed by atoms with Crippen molar-refractivity contribution in [1.82, 2.24) is 15.1 Å². The first-order valence-corrected chi connectivity index (χ1v) is 12.0. The van der Waals surface area contributed by atoms with Gasteiger partial charge in [0.1, 0.15) is 17.2 Å². The molecule has 0 aliphatic heterocycles. The van der Waals surface area contributed by atoms with Gasteiger partial charge in [-0.25, -0.2) is 0 Å². The smallest absolute Gasteiger partial charge is 0.269 e. The number of carbonyl (C=O) groups excluding carboxylic acids is 1. The van der Waals surface area contributed by atoms with Crippen LogP contribution in [0.1, 0.15) is 59.0 Å². The molecule has 7 nitrogen and oxygen atoms in total. The van der Waals surface area contributed by atoms with Crippen LogP contribution < -0.4 is 14.8 Å². The second-order valence-corrected chi connectivity index (χ2v) is 9.77. The molecule has 0 saturated heterocycles. The number of carbonyl (C=O) groups is 1. The van der Waals surface area contributed by atoms with Gasteiger partial charge in [0.2, 0.25) is 0 Å². The summed E-state index contributed by atoms with van der Waals surface area (Å²) < 4.78 is 12.4. The zero-order chi connectivity index (χ0) is 23.6. The SMILES string of the molecule is COc1ccc(OC)c(-c2cc(C(=O)NCC3(c4ccc(C(C)O)s4)CCCC3)n(C)n2)c1. The molecule has 2 aromatic heterocycles. The molecule has 176 valence electrons. The van der Waals surface area contributed by atoms with Crippen LogP contribution in [0.15, 0.2) is 36.4 Å². The van der Waals surface area contributed by atoms with E-state index in [1.807, 2.05) is 24.3 Å². The van der Waals surface area contributed by atoms with Gasteiger partial charge in [0.05, 0.1) is 26.0 Å². The molecule has 0 bridgehead atoms. The molecule has 1 saturated carbocycles. The van der Waals surface area contributed by atoms with Crippen LogP contribution in [-0.4, -0.2) is 41.6 Å². The average Bonchev–Trinajstić information content (AvgIpc) is 3.57. The van der Waals surface area contributed by atoms with Gasteiger partial charge in [0, 0.05) is 34.3 Å². The molecule has 1 atom stereocenters. The number of nitrogens with one attached hydrogen (secondary N) is 1. The number of methoxy groups -OCH3 is 2. The molecule has 4 rings (SSSR count). The highest BCUT2D eigenvalue weighted by molar-refractivity contribution is 7.12. The molecular weight excluding hydrogens is 438 g/mol. The largest absolute Gasteiger partial charge is 0.497 e. The fourth-order valence-corrected chi connectivity index (χ4v) is 5.78. The van der Waals surface area contributed by atoms with E-state index in [0.29, 0.717) is 29.4 Å². The molecule has 1 fully saturated rings. The second kappa shape index (κ2) is 9.57. The molecule has 0 radical (unpaired) electrons. The summed E-state index contributed by atoms with van der Waals surface area (Å²) in [6.45, 7) is 2.35. The lowest BCUT2D eigenvalue weighted by Crippen LogP contribution is -2.39. The van der Waals surface area contributed by atoms with Crippen molar-refractivity contribution in [2.24, 2.45) is 7.05 Å². The van der Waals surface area contributed by atoms with Crippen LogP contribution in [0.2, 0.25) is 0 Å². The van der Waals surface area contributed by atoms with Crippen molar-refractivity contribution >= 4 is 17.2 Å². The first-order chi connectivity index (χ1) is 15.9. The number of aryl methyl sites for hydroxylation is 1. The maximum atomic E-state index is 13.2. The predicted molar refractivity (Wildman–Crippen MR) is 129 cm³/mol. The van der Waals surface area contributed by atoms with Gasteiger partial charge in [-0.2, -0.15) is 5.10 Å². The predicted octanol–water partition coefficient (Wildman–Crippen LogP) is 4.46. The number of amides is 1. The number of aromatic nitrogens is 2. The third-order valence-electron chi connectivity index (χ3n) is 6.50. The highest BCUT2D eigenvalue weighted by Gasteiger charge is 2.37. The Morgan fingerprint density at radius 1 is 1.21 bits per heavy atom. The van der Waals surface area contributed by atoms with Crippen molar-refractivity contribution in [3.63, 3.8) is 0 Å². The van der Waals surface area contributed by atoms with Gasteiger partial charge in [0.25, 0.3) is 5.91 Å². The van der Waals surface area contributed by atoms with E-state index in [0.717, 1.165) is 36.1 Å². The molecule has 1 unspecified atom stereocenters. The molecule has 8 heteroatoms. The lowest BCUT2D eigenvalue weighted by molar-refractivity contribution is 0.0934. The summed E-state index contributed by atoms with van der Waals surface area (Å²) in [5.74, 6) is 1.20. The number of nitrogens with zero attached hydrogens (tertiary/aromatic N) is 2. The molecule has 1 aliphatic rings.